The third-order valence-electron chi connectivity index (χ3n) is 3.04. The molecule has 5 nitrogen and oxygen atoms in total. The van der Waals surface area contributed by atoms with Gasteiger partial charge in [0.2, 0.25) is 10.0 Å². The van der Waals surface area contributed by atoms with E-state index >= 15 is 0 Å². The summed E-state index contributed by atoms with van der Waals surface area (Å²) >= 11 is 5.64. The van der Waals surface area contributed by atoms with Gasteiger partial charge in [-0.15, -0.1) is 0 Å². The topological polar surface area (TPSA) is 89.3 Å². The maximum atomic E-state index is 13.8. The molecule has 0 radical (unpaired) electrons. The lowest BCUT2D eigenvalue weighted by Gasteiger charge is -2.16. The zero-order chi connectivity index (χ0) is 16.2. The van der Waals surface area contributed by atoms with Crippen LogP contribution in [0.5, 0.6) is 0 Å². The van der Waals surface area contributed by atoms with Crippen molar-refractivity contribution in [3.05, 3.63) is 28.5 Å². The third-order valence-corrected chi connectivity index (χ3v) is 4.41. The van der Waals surface area contributed by atoms with Crippen LogP contribution in [0.25, 0.3) is 0 Å². The summed E-state index contributed by atoms with van der Waals surface area (Å²) in [5.41, 5.74) is -0.391. The molecule has 21 heavy (non-hydrogen) atoms. The van der Waals surface area contributed by atoms with Crippen LogP contribution in [0.1, 0.15) is 43.5 Å². The number of nitrogens with two attached hydrogens (primary N) is 1. The second kappa shape index (κ2) is 7.20. The van der Waals surface area contributed by atoms with Gasteiger partial charge in [0.1, 0.15) is 10.7 Å². The number of primary sulfonamides is 1. The number of nitrogens with one attached hydrogen (secondary N) is 1. The monoisotopic (exact) mass is 336 g/mol. The number of sulfonamides is 1. The number of halogens is 2. The zero-order valence-corrected chi connectivity index (χ0v) is 13.4. The Bertz CT molecular complexity index is 635. The Balaban J connectivity index is 3.15. The van der Waals surface area contributed by atoms with Crippen molar-refractivity contribution in [3.63, 3.8) is 0 Å². The van der Waals surface area contributed by atoms with Gasteiger partial charge in [0.05, 0.1) is 10.6 Å². The van der Waals surface area contributed by atoms with E-state index in [0.717, 1.165) is 25.0 Å². The summed E-state index contributed by atoms with van der Waals surface area (Å²) in [5.74, 6) is -1.58. The maximum absolute atomic E-state index is 13.8. The van der Waals surface area contributed by atoms with Crippen molar-refractivity contribution in [3.8, 4) is 0 Å². The molecule has 0 heterocycles. The Morgan fingerprint density at radius 2 is 2.05 bits per heavy atom. The summed E-state index contributed by atoms with van der Waals surface area (Å²) in [6, 6.07) is 1.54. The molecule has 1 unspecified atom stereocenters. The molecule has 1 aromatic rings. The number of rotatable bonds is 6. The molecular weight excluding hydrogens is 319 g/mol. The van der Waals surface area contributed by atoms with Crippen LogP contribution >= 0.6 is 11.6 Å². The number of hydrogen-bond acceptors (Lipinski definition) is 3. The number of carbonyl (C=O) groups is 1. The first-order chi connectivity index (χ1) is 9.70. The van der Waals surface area contributed by atoms with Crippen molar-refractivity contribution >= 4 is 27.5 Å². The van der Waals surface area contributed by atoms with Gasteiger partial charge >= 0.3 is 0 Å². The normalized spacial score (nSPS) is 13.0. The predicted octanol–water partition coefficient (Wildman–Crippen LogP) is 2.44. The molecule has 118 valence electrons. The van der Waals surface area contributed by atoms with Crippen LogP contribution in [0.4, 0.5) is 4.39 Å². The Labute approximate surface area is 128 Å². The molecule has 0 aliphatic rings. The standard InChI is InChI=1S/C13H18ClFN2O3S/c1-3-5-8(4-2)17-13(18)9-6-12(21(16,19)20)10(14)7-11(9)15/h6-8H,3-5H2,1-2H3,(H,17,18)(H2,16,19,20). The van der Waals surface area contributed by atoms with Gasteiger partial charge in [0.15, 0.2) is 0 Å². The van der Waals surface area contributed by atoms with E-state index in [-0.39, 0.29) is 11.1 Å². The van der Waals surface area contributed by atoms with Crippen LogP contribution < -0.4 is 10.5 Å². The van der Waals surface area contributed by atoms with E-state index in [9.17, 15) is 17.6 Å². The lowest BCUT2D eigenvalue weighted by atomic mass is 10.1. The van der Waals surface area contributed by atoms with Crippen molar-refractivity contribution in [1.82, 2.24) is 5.32 Å². The molecule has 0 fully saturated rings. The fourth-order valence-electron chi connectivity index (χ4n) is 1.91. The quantitative estimate of drug-likeness (QED) is 0.836. The molecule has 0 saturated carbocycles. The van der Waals surface area contributed by atoms with Gasteiger partial charge < -0.3 is 5.32 Å². The van der Waals surface area contributed by atoms with E-state index in [1.165, 1.54) is 0 Å². The Hall–Kier alpha value is -1.18. The van der Waals surface area contributed by atoms with Crippen LogP contribution in [0.3, 0.4) is 0 Å². The molecule has 1 atom stereocenters. The molecule has 3 N–H and O–H groups in total. The average molecular weight is 337 g/mol. The van der Waals surface area contributed by atoms with E-state index in [2.05, 4.69) is 5.32 Å². The summed E-state index contributed by atoms with van der Waals surface area (Å²) < 4.78 is 36.5. The first kappa shape index (κ1) is 17.9. The molecule has 0 spiro atoms. The van der Waals surface area contributed by atoms with Crippen LogP contribution in [0, 0.1) is 5.82 Å². The van der Waals surface area contributed by atoms with Crippen LogP contribution in [0.2, 0.25) is 5.02 Å². The van der Waals surface area contributed by atoms with E-state index in [0.29, 0.717) is 6.42 Å². The lowest BCUT2D eigenvalue weighted by molar-refractivity contribution is 0.0929. The Morgan fingerprint density at radius 1 is 1.43 bits per heavy atom. The van der Waals surface area contributed by atoms with Gasteiger partial charge in [0.25, 0.3) is 5.91 Å². The zero-order valence-electron chi connectivity index (χ0n) is 11.8. The summed E-state index contributed by atoms with van der Waals surface area (Å²) in [6.45, 7) is 3.87. The number of hydrogen-bond donors (Lipinski definition) is 2. The van der Waals surface area contributed by atoms with Crippen LogP contribution in [-0.2, 0) is 10.0 Å². The lowest BCUT2D eigenvalue weighted by Crippen LogP contribution is -2.35. The summed E-state index contributed by atoms with van der Waals surface area (Å²) in [5, 5.41) is 7.30. The number of carbonyl (C=O) groups excluding carboxylic acids is 1. The minimum Gasteiger partial charge on any atom is -0.349 e. The van der Waals surface area contributed by atoms with Crippen molar-refractivity contribution in [2.75, 3.05) is 0 Å². The average Bonchev–Trinajstić information content (AvgIpc) is 2.36. The second-order valence-electron chi connectivity index (χ2n) is 4.67. The first-order valence-corrected chi connectivity index (χ1v) is 8.45. The van der Waals surface area contributed by atoms with Gasteiger partial charge in [-0.3, -0.25) is 4.79 Å². The van der Waals surface area contributed by atoms with Gasteiger partial charge in [0, 0.05) is 6.04 Å². The molecule has 0 aliphatic heterocycles. The van der Waals surface area contributed by atoms with E-state index in [4.69, 9.17) is 16.7 Å². The summed E-state index contributed by atoms with van der Waals surface area (Å²) in [6.07, 6.45) is 2.31. The van der Waals surface area contributed by atoms with Crippen LogP contribution in [-0.4, -0.2) is 20.4 Å². The highest BCUT2D eigenvalue weighted by atomic mass is 35.5. The molecule has 1 rings (SSSR count). The molecule has 1 amide bonds. The largest absolute Gasteiger partial charge is 0.349 e. The minimum absolute atomic E-state index is 0.101. The minimum atomic E-state index is -4.13. The number of benzene rings is 1. The maximum Gasteiger partial charge on any atom is 0.254 e. The van der Waals surface area contributed by atoms with E-state index < -0.39 is 32.2 Å². The van der Waals surface area contributed by atoms with Crippen molar-refractivity contribution < 1.29 is 17.6 Å². The van der Waals surface area contributed by atoms with E-state index in [1.807, 2.05) is 13.8 Å². The highest BCUT2D eigenvalue weighted by Crippen LogP contribution is 2.24. The van der Waals surface area contributed by atoms with Crippen molar-refractivity contribution in [2.45, 2.75) is 44.0 Å². The first-order valence-electron chi connectivity index (χ1n) is 6.53. The number of amides is 1. The van der Waals surface area contributed by atoms with Crippen molar-refractivity contribution in [1.29, 1.82) is 0 Å². The molecule has 0 bridgehead atoms. The van der Waals surface area contributed by atoms with Gasteiger partial charge in [-0.1, -0.05) is 31.9 Å². The second-order valence-corrected chi connectivity index (χ2v) is 6.61. The molecule has 0 saturated heterocycles. The van der Waals surface area contributed by atoms with Gasteiger partial charge in [-0.25, -0.2) is 17.9 Å². The van der Waals surface area contributed by atoms with Crippen LogP contribution in [0.15, 0.2) is 17.0 Å². The molecule has 0 aromatic heterocycles. The summed E-state index contributed by atoms with van der Waals surface area (Å²) in [7, 11) is -4.13. The smallest absolute Gasteiger partial charge is 0.254 e. The van der Waals surface area contributed by atoms with Gasteiger partial charge in [-0.05, 0) is 25.0 Å². The van der Waals surface area contributed by atoms with Crippen molar-refractivity contribution in [2.24, 2.45) is 5.14 Å². The molecule has 8 heteroatoms. The highest BCUT2D eigenvalue weighted by molar-refractivity contribution is 7.89. The molecule has 0 aliphatic carbocycles. The highest BCUT2D eigenvalue weighted by Gasteiger charge is 2.21. The summed E-state index contributed by atoms with van der Waals surface area (Å²) in [4.78, 5) is 11.6. The van der Waals surface area contributed by atoms with Gasteiger partial charge in [-0.2, -0.15) is 0 Å². The van der Waals surface area contributed by atoms with E-state index in [1.54, 1.807) is 0 Å². The third kappa shape index (κ3) is 4.66. The SMILES string of the molecule is CCCC(CC)NC(=O)c1cc(S(N)(=O)=O)c(Cl)cc1F. The fourth-order valence-corrected chi connectivity index (χ4v) is 3.00. The fraction of sp³-hybridized carbons (Fsp3) is 0.462. The Kier molecular flexibility index (Phi) is 6.12. The predicted molar refractivity (Wildman–Crippen MR) is 79.2 cm³/mol. The Morgan fingerprint density at radius 3 is 2.52 bits per heavy atom. The molecular formula is C13H18ClFN2O3S. The molecule has 1 aromatic carbocycles.